The summed E-state index contributed by atoms with van der Waals surface area (Å²) in [6.45, 7) is 0.925. The highest BCUT2D eigenvalue weighted by Gasteiger charge is 2.26. The van der Waals surface area contributed by atoms with Crippen molar-refractivity contribution in [2.75, 3.05) is 11.4 Å². The van der Waals surface area contributed by atoms with Crippen molar-refractivity contribution in [3.63, 3.8) is 0 Å². The number of rotatable bonds is 6. The minimum atomic E-state index is -0.983. The van der Waals surface area contributed by atoms with E-state index in [9.17, 15) is 18.7 Å². The van der Waals surface area contributed by atoms with Crippen molar-refractivity contribution in [2.45, 2.75) is 19.6 Å². The zero-order valence-corrected chi connectivity index (χ0v) is 16.5. The van der Waals surface area contributed by atoms with E-state index in [-0.39, 0.29) is 17.7 Å². The predicted octanol–water partition coefficient (Wildman–Crippen LogP) is 4.85. The third kappa shape index (κ3) is 4.07. The smallest absolute Gasteiger partial charge is 0.336 e. The summed E-state index contributed by atoms with van der Waals surface area (Å²) in [5.41, 5.74) is 1.93. The second kappa shape index (κ2) is 8.28. The molecule has 1 aliphatic heterocycles. The van der Waals surface area contributed by atoms with E-state index in [1.165, 1.54) is 24.4 Å². The molecule has 0 unspecified atom stereocenters. The number of anilines is 1. The molecule has 30 heavy (non-hydrogen) atoms. The van der Waals surface area contributed by atoms with Gasteiger partial charge in [-0.1, -0.05) is 11.6 Å². The molecule has 0 spiro atoms. The fourth-order valence-electron chi connectivity index (χ4n) is 3.52. The van der Waals surface area contributed by atoms with Crippen LogP contribution in [0.4, 0.5) is 14.6 Å². The molecule has 0 amide bonds. The number of aromatic carboxylic acids is 1. The average molecular weight is 431 g/mol. The summed E-state index contributed by atoms with van der Waals surface area (Å²) in [4.78, 5) is 17.8. The Kier molecular flexibility index (Phi) is 5.55. The van der Waals surface area contributed by atoms with E-state index in [1.54, 1.807) is 18.2 Å². The van der Waals surface area contributed by atoms with Crippen LogP contribution in [0, 0.1) is 11.6 Å². The number of benzene rings is 2. The fraction of sp³-hybridized carbons (Fsp3) is 0.182. The molecular formula is C22H17ClF2N2O3. The Morgan fingerprint density at radius 1 is 1.17 bits per heavy atom. The highest BCUT2D eigenvalue weighted by atomic mass is 35.5. The molecule has 154 valence electrons. The highest BCUT2D eigenvalue weighted by Crippen LogP contribution is 2.32. The van der Waals surface area contributed by atoms with E-state index in [0.29, 0.717) is 41.7 Å². The first kappa shape index (κ1) is 20.1. The van der Waals surface area contributed by atoms with Gasteiger partial charge in [0.05, 0.1) is 5.56 Å². The van der Waals surface area contributed by atoms with Crippen LogP contribution in [-0.2, 0) is 19.6 Å². The molecule has 2 heterocycles. The van der Waals surface area contributed by atoms with Gasteiger partial charge in [-0.3, -0.25) is 0 Å². The Labute approximate surface area is 176 Å². The van der Waals surface area contributed by atoms with Gasteiger partial charge >= 0.3 is 5.97 Å². The van der Waals surface area contributed by atoms with Gasteiger partial charge in [-0.05, 0) is 42.8 Å². The molecule has 0 radical (unpaired) electrons. The quantitative estimate of drug-likeness (QED) is 0.605. The van der Waals surface area contributed by atoms with Gasteiger partial charge in [0.15, 0.2) is 0 Å². The monoisotopic (exact) mass is 430 g/mol. The lowest BCUT2D eigenvalue weighted by Crippen LogP contribution is -2.21. The van der Waals surface area contributed by atoms with E-state index in [0.717, 1.165) is 11.6 Å². The zero-order valence-electron chi connectivity index (χ0n) is 15.7. The van der Waals surface area contributed by atoms with Crippen molar-refractivity contribution >= 4 is 23.4 Å². The molecule has 0 fully saturated rings. The summed E-state index contributed by atoms with van der Waals surface area (Å²) in [6.07, 6.45) is 2.05. The Hall–Kier alpha value is -3.19. The van der Waals surface area contributed by atoms with Crippen LogP contribution >= 0.6 is 11.6 Å². The number of aromatic nitrogens is 1. The molecule has 0 aliphatic carbocycles. The van der Waals surface area contributed by atoms with Crippen molar-refractivity contribution in [3.8, 4) is 5.75 Å². The van der Waals surface area contributed by atoms with Crippen molar-refractivity contribution < 1.29 is 23.4 Å². The second-order valence-electron chi connectivity index (χ2n) is 6.91. The van der Waals surface area contributed by atoms with Gasteiger partial charge in [0.2, 0.25) is 0 Å². The molecule has 2 aromatic carbocycles. The number of carbonyl (C=O) groups is 1. The van der Waals surface area contributed by atoms with Crippen molar-refractivity contribution in [2.24, 2.45) is 0 Å². The van der Waals surface area contributed by atoms with E-state index in [4.69, 9.17) is 16.3 Å². The van der Waals surface area contributed by atoms with Gasteiger partial charge in [0.1, 0.15) is 29.8 Å². The Bertz CT molecular complexity index is 1120. The molecule has 3 aromatic rings. The number of hydrogen-bond acceptors (Lipinski definition) is 4. The Balaban J connectivity index is 1.57. The normalized spacial score (nSPS) is 12.7. The molecule has 1 N–H and O–H groups in total. The molecule has 0 saturated heterocycles. The molecule has 0 saturated carbocycles. The summed E-state index contributed by atoms with van der Waals surface area (Å²) < 4.78 is 32.8. The Morgan fingerprint density at radius 3 is 2.77 bits per heavy atom. The predicted molar refractivity (Wildman–Crippen MR) is 108 cm³/mol. The highest BCUT2D eigenvalue weighted by molar-refractivity contribution is 6.30. The van der Waals surface area contributed by atoms with Crippen LogP contribution in [0.25, 0.3) is 0 Å². The third-order valence-electron chi connectivity index (χ3n) is 4.98. The standard InChI is InChI=1S/C22H17ClF2N2O3/c23-15-2-4-20(30-12-13-1-3-16(24)10-19(13)25)14(9-15)11-27-8-6-17-18(22(28)29)5-7-26-21(17)27/h1-5,7,9-10H,6,8,11-12H2,(H,28,29). The summed E-state index contributed by atoms with van der Waals surface area (Å²) in [5.74, 6) is -1.19. The number of fused-ring (bicyclic) bond motifs is 1. The molecule has 4 rings (SSSR count). The minimum absolute atomic E-state index is 0.0707. The number of carboxylic acids is 1. The van der Waals surface area contributed by atoms with Crippen LogP contribution in [0.15, 0.2) is 48.7 Å². The fourth-order valence-corrected chi connectivity index (χ4v) is 3.71. The molecule has 0 bridgehead atoms. The maximum atomic E-state index is 13.9. The van der Waals surface area contributed by atoms with Gasteiger partial charge in [0.25, 0.3) is 0 Å². The summed E-state index contributed by atoms with van der Waals surface area (Å²) in [6, 6.07) is 9.93. The van der Waals surface area contributed by atoms with Crippen LogP contribution in [0.2, 0.25) is 5.02 Å². The van der Waals surface area contributed by atoms with Crippen LogP contribution in [0.3, 0.4) is 0 Å². The minimum Gasteiger partial charge on any atom is -0.488 e. The Morgan fingerprint density at radius 2 is 2.00 bits per heavy atom. The maximum absolute atomic E-state index is 13.9. The van der Waals surface area contributed by atoms with Crippen molar-refractivity contribution in [3.05, 3.63) is 87.6 Å². The van der Waals surface area contributed by atoms with Crippen LogP contribution in [0.1, 0.15) is 27.0 Å². The summed E-state index contributed by atoms with van der Waals surface area (Å²) in [7, 11) is 0. The first-order chi connectivity index (χ1) is 14.4. The van der Waals surface area contributed by atoms with E-state index in [2.05, 4.69) is 4.98 Å². The molecule has 1 aromatic heterocycles. The van der Waals surface area contributed by atoms with Gasteiger partial charge in [0, 0.05) is 47.1 Å². The first-order valence-electron chi connectivity index (χ1n) is 9.23. The van der Waals surface area contributed by atoms with Crippen molar-refractivity contribution in [1.29, 1.82) is 0 Å². The first-order valence-corrected chi connectivity index (χ1v) is 9.61. The van der Waals surface area contributed by atoms with E-state index >= 15 is 0 Å². The summed E-state index contributed by atoms with van der Waals surface area (Å²) in [5, 5.41) is 9.90. The molecule has 0 atom stereocenters. The van der Waals surface area contributed by atoms with Crippen LogP contribution in [0.5, 0.6) is 5.75 Å². The lowest BCUT2D eigenvalue weighted by atomic mass is 10.1. The number of pyridine rings is 1. The largest absolute Gasteiger partial charge is 0.488 e. The summed E-state index contributed by atoms with van der Waals surface area (Å²) >= 11 is 6.16. The maximum Gasteiger partial charge on any atom is 0.336 e. The SMILES string of the molecule is O=C(O)c1ccnc2c1CCN2Cc1cc(Cl)ccc1OCc1ccc(F)cc1F. The third-order valence-corrected chi connectivity index (χ3v) is 5.21. The van der Waals surface area contributed by atoms with Gasteiger partial charge in [-0.15, -0.1) is 0 Å². The second-order valence-corrected chi connectivity index (χ2v) is 7.35. The number of hydrogen-bond donors (Lipinski definition) is 1. The lowest BCUT2D eigenvalue weighted by Gasteiger charge is -2.21. The van der Waals surface area contributed by atoms with Gasteiger partial charge in [-0.2, -0.15) is 0 Å². The van der Waals surface area contributed by atoms with E-state index in [1.807, 2.05) is 4.90 Å². The lowest BCUT2D eigenvalue weighted by molar-refractivity contribution is 0.0696. The zero-order chi connectivity index (χ0) is 21.3. The van der Waals surface area contributed by atoms with Gasteiger partial charge in [-0.25, -0.2) is 18.6 Å². The number of carboxylic acid groups (broad SMARTS) is 1. The average Bonchev–Trinajstić information content (AvgIpc) is 3.11. The van der Waals surface area contributed by atoms with E-state index < -0.39 is 17.6 Å². The van der Waals surface area contributed by atoms with Gasteiger partial charge < -0.3 is 14.7 Å². The molecular weight excluding hydrogens is 414 g/mol. The van der Waals surface area contributed by atoms with Crippen LogP contribution in [-0.4, -0.2) is 22.6 Å². The topological polar surface area (TPSA) is 62.7 Å². The van der Waals surface area contributed by atoms with Crippen LogP contribution < -0.4 is 9.64 Å². The molecule has 1 aliphatic rings. The number of ether oxygens (including phenoxy) is 1. The molecule has 5 nitrogen and oxygen atoms in total. The van der Waals surface area contributed by atoms with Crippen molar-refractivity contribution in [1.82, 2.24) is 4.98 Å². The molecule has 8 heteroatoms. The number of nitrogens with zero attached hydrogens (tertiary/aromatic N) is 2. The number of halogens is 3.